The lowest BCUT2D eigenvalue weighted by Gasteiger charge is -2.32. The van der Waals surface area contributed by atoms with Crippen LogP contribution in [0.15, 0.2) is 24.3 Å². The number of unbranched alkanes of at least 4 members (excludes halogenated alkanes) is 1. The fraction of sp³-hybridized carbons (Fsp3) is 0.667. The highest BCUT2D eigenvalue weighted by Crippen LogP contribution is 2.32. The first-order valence-corrected chi connectivity index (χ1v) is 12.2. The van der Waals surface area contributed by atoms with Crippen LogP contribution in [0.2, 0.25) is 0 Å². The predicted octanol–water partition coefficient (Wildman–Crippen LogP) is 2.84. The molecule has 2 aliphatic heterocycles. The van der Waals surface area contributed by atoms with Gasteiger partial charge in [0.05, 0.1) is 6.26 Å². The maximum atomic E-state index is 12.6. The number of rotatable bonds is 4. The molecule has 1 aromatic rings. The largest absolute Gasteiger partial charge is 0.312 e. The lowest BCUT2D eigenvalue weighted by Crippen LogP contribution is -2.46. The Hall–Kier alpha value is -1.44. The molecule has 0 aromatic heterocycles. The molecule has 6 nitrogen and oxygen atoms in total. The van der Waals surface area contributed by atoms with E-state index >= 15 is 0 Å². The average molecular weight is 408 g/mol. The lowest BCUT2D eigenvalue weighted by atomic mass is 10.1. The summed E-state index contributed by atoms with van der Waals surface area (Å²) in [6, 6.07) is 8.09. The predicted molar refractivity (Wildman–Crippen MR) is 113 cm³/mol. The van der Waals surface area contributed by atoms with E-state index in [1.807, 2.05) is 23.1 Å². The van der Waals surface area contributed by atoms with Crippen LogP contribution in [0.25, 0.3) is 0 Å². The van der Waals surface area contributed by atoms with E-state index in [1.54, 1.807) is 11.2 Å². The van der Waals surface area contributed by atoms with Gasteiger partial charge in [0.15, 0.2) is 0 Å². The van der Waals surface area contributed by atoms with Crippen molar-refractivity contribution in [1.29, 1.82) is 0 Å². The Kier molecular flexibility index (Phi) is 6.78. The molecule has 2 atom stereocenters. The smallest absolute Gasteiger partial charge is 0.223 e. The number of amides is 1. The Bertz CT molecular complexity index is 796. The first-order chi connectivity index (χ1) is 13.3. The monoisotopic (exact) mass is 407 g/mol. The van der Waals surface area contributed by atoms with Crippen molar-refractivity contribution in [2.45, 2.75) is 64.6 Å². The zero-order valence-electron chi connectivity index (χ0n) is 17.3. The average Bonchev–Trinajstić information content (AvgIpc) is 3.02. The first kappa shape index (κ1) is 21.3. The van der Waals surface area contributed by atoms with Gasteiger partial charge in [-0.05, 0) is 43.9 Å². The van der Waals surface area contributed by atoms with Gasteiger partial charge in [-0.25, -0.2) is 8.42 Å². The number of anilines is 1. The molecule has 3 rings (SSSR count). The zero-order chi connectivity index (χ0) is 20.3. The molecule has 0 N–H and O–H groups in total. The van der Waals surface area contributed by atoms with Gasteiger partial charge in [-0.3, -0.25) is 9.69 Å². The van der Waals surface area contributed by atoms with Gasteiger partial charge in [-0.15, -0.1) is 0 Å². The van der Waals surface area contributed by atoms with Crippen LogP contribution in [0.4, 0.5) is 5.69 Å². The molecule has 156 valence electrons. The SMILES string of the molecule is CCCCN1Cc2ccccc2N(C(C)=O)CC[C@H]2CC[C@@H](C1)N2S(C)(=O)=O. The molecule has 2 heterocycles. The fourth-order valence-corrected chi connectivity index (χ4v) is 6.18. The van der Waals surface area contributed by atoms with Gasteiger partial charge in [0, 0.05) is 44.3 Å². The normalized spacial score (nSPS) is 24.6. The Balaban J connectivity index is 2.01. The molecule has 0 aliphatic carbocycles. The molecule has 1 fully saturated rings. The number of para-hydroxylation sites is 1. The number of nitrogens with zero attached hydrogens (tertiary/aromatic N) is 3. The second-order valence-electron chi connectivity index (χ2n) is 8.15. The van der Waals surface area contributed by atoms with Crippen molar-refractivity contribution in [3.63, 3.8) is 0 Å². The van der Waals surface area contributed by atoms with Crippen molar-refractivity contribution in [2.24, 2.45) is 0 Å². The maximum Gasteiger partial charge on any atom is 0.223 e. The van der Waals surface area contributed by atoms with Gasteiger partial charge in [0.25, 0.3) is 0 Å². The minimum absolute atomic E-state index is 0.00672. The van der Waals surface area contributed by atoms with Gasteiger partial charge in [-0.1, -0.05) is 31.5 Å². The Labute approximate surface area is 169 Å². The number of carbonyl (C=O) groups excluding carboxylic acids is 1. The zero-order valence-corrected chi connectivity index (χ0v) is 18.1. The Morgan fingerprint density at radius 2 is 1.86 bits per heavy atom. The molecule has 28 heavy (non-hydrogen) atoms. The molecule has 0 spiro atoms. The summed E-state index contributed by atoms with van der Waals surface area (Å²) in [4.78, 5) is 16.6. The van der Waals surface area contributed by atoms with Crippen LogP contribution in [0.1, 0.15) is 51.5 Å². The van der Waals surface area contributed by atoms with Crippen molar-refractivity contribution in [1.82, 2.24) is 9.21 Å². The van der Waals surface area contributed by atoms with Crippen LogP contribution >= 0.6 is 0 Å². The summed E-state index contributed by atoms with van der Waals surface area (Å²) >= 11 is 0. The van der Waals surface area contributed by atoms with E-state index in [9.17, 15) is 13.2 Å². The van der Waals surface area contributed by atoms with E-state index < -0.39 is 10.0 Å². The minimum atomic E-state index is -3.29. The van der Waals surface area contributed by atoms with E-state index in [2.05, 4.69) is 17.9 Å². The third-order valence-electron chi connectivity index (χ3n) is 5.98. The summed E-state index contributed by atoms with van der Waals surface area (Å²) < 4.78 is 26.9. The van der Waals surface area contributed by atoms with Crippen molar-refractivity contribution in [3.05, 3.63) is 29.8 Å². The van der Waals surface area contributed by atoms with Gasteiger partial charge in [0.2, 0.25) is 15.9 Å². The number of hydrogen-bond donors (Lipinski definition) is 0. The Morgan fingerprint density at radius 1 is 1.14 bits per heavy atom. The van der Waals surface area contributed by atoms with Crippen LogP contribution in [0.3, 0.4) is 0 Å². The van der Waals surface area contributed by atoms with E-state index in [-0.39, 0.29) is 18.0 Å². The number of benzene rings is 1. The van der Waals surface area contributed by atoms with Crippen LogP contribution in [0.5, 0.6) is 0 Å². The summed E-state index contributed by atoms with van der Waals surface area (Å²) in [5.74, 6) is 0.00672. The number of carbonyl (C=O) groups is 1. The molecule has 0 unspecified atom stereocenters. The molecular weight excluding hydrogens is 374 g/mol. The lowest BCUT2D eigenvalue weighted by molar-refractivity contribution is -0.116. The van der Waals surface area contributed by atoms with E-state index in [1.165, 1.54) is 6.26 Å². The van der Waals surface area contributed by atoms with E-state index in [4.69, 9.17) is 0 Å². The molecule has 0 saturated carbocycles. The van der Waals surface area contributed by atoms with E-state index in [0.29, 0.717) is 13.0 Å². The Morgan fingerprint density at radius 3 is 2.54 bits per heavy atom. The molecule has 1 saturated heterocycles. The second-order valence-corrected chi connectivity index (χ2v) is 10.0. The molecule has 1 amide bonds. The second kappa shape index (κ2) is 8.93. The van der Waals surface area contributed by atoms with Crippen LogP contribution in [0, 0.1) is 0 Å². The number of hydrogen-bond acceptors (Lipinski definition) is 4. The summed E-state index contributed by atoms with van der Waals surface area (Å²) in [6.07, 6.45) is 5.93. The third-order valence-corrected chi connectivity index (χ3v) is 7.34. The molecule has 7 heteroatoms. The summed E-state index contributed by atoms with van der Waals surface area (Å²) in [5, 5.41) is 0. The maximum absolute atomic E-state index is 12.6. The minimum Gasteiger partial charge on any atom is -0.312 e. The fourth-order valence-electron chi connectivity index (χ4n) is 4.71. The van der Waals surface area contributed by atoms with Crippen molar-refractivity contribution < 1.29 is 13.2 Å². The van der Waals surface area contributed by atoms with Gasteiger partial charge >= 0.3 is 0 Å². The number of sulfonamides is 1. The highest BCUT2D eigenvalue weighted by molar-refractivity contribution is 7.88. The van der Waals surface area contributed by atoms with Gasteiger partial charge < -0.3 is 4.90 Å². The summed E-state index contributed by atoms with van der Waals surface area (Å²) in [7, 11) is -3.29. The van der Waals surface area contributed by atoms with Gasteiger partial charge in [0.1, 0.15) is 0 Å². The van der Waals surface area contributed by atoms with Crippen LogP contribution in [-0.2, 0) is 21.4 Å². The van der Waals surface area contributed by atoms with Crippen molar-refractivity contribution in [2.75, 3.05) is 30.8 Å². The van der Waals surface area contributed by atoms with E-state index in [0.717, 1.165) is 56.6 Å². The molecule has 2 bridgehead atoms. The molecule has 0 radical (unpaired) electrons. The first-order valence-electron chi connectivity index (χ1n) is 10.4. The molecule has 2 aliphatic rings. The number of fused-ring (bicyclic) bond motifs is 3. The van der Waals surface area contributed by atoms with Crippen molar-refractivity contribution in [3.8, 4) is 0 Å². The van der Waals surface area contributed by atoms with Crippen LogP contribution in [-0.4, -0.2) is 61.5 Å². The third kappa shape index (κ3) is 4.75. The highest BCUT2D eigenvalue weighted by Gasteiger charge is 2.40. The highest BCUT2D eigenvalue weighted by atomic mass is 32.2. The molecule has 1 aromatic carbocycles. The summed E-state index contributed by atoms with van der Waals surface area (Å²) in [6.45, 7) is 6.73. The molecular formula is C21H33N3O3S. The van der Waals surface area contributed by atoms with Crippen molar-refractivity contribution >= 4 is 21.6 Å². The quantitative estimate of drug-likeness (QED) is 0.770. The standard InChI is InChI=1S/C21H33N3O3S/c1-4-5-13-22-15-18-8-6-7-9-21(18)23(17(2)25)14-12-19-10-11-20(16-22)24(19)28(3,26)27/h6-9,19-20H,4-5,10-16H2,1-3H3/t19-,20+/m1/s1. The summed E-state index contributed by atoms with van der Waals surface area (Å²) in [5.41, 5.74) is 2.10. The van der Waals surface area contributed by atoms with Crippen LogP contribution < -0.4 is 4.90 Å². The van der Waals surface area contributed by atoms with Gasteiger partial charge in [-0.2, -0.15) is 4.31 Å². The topological polar surface area (TPSA) is 60.9 Å².